The molecule has 6 heteroatoms. The van der Waals surface area contributed by atoms with Gasteiger partial charge < -0.3 is 5.73 Å². The number of nitrogens with two attached hydrogens (primary N) is 1. The summed E-state index contributed by atoms with van der Waals surface area (Å²) in [4.78, 5) is 11.3. The average Bonchev–Trinajstić information content (AvgIpc) is 2.46. The first-order valence-electron chi connectivity index (χ1n) is 7.35. The minimum absolute atomic E-state index is 0.122. The molecule has 2 N–H and O–H groups in total. The number of hydrogen-bond donors (Lipinski definition) is 1. The van der Waals surface area contributed by atoms with Gasteiger partial charge in [0.1, 0.15) is 0 Å². The van der Waals surface area contributed by atoms with Gasteiger partial charge in [-0.25, -0.2) is 8.42 Å². The van der Waals surface area contributed by atoms with Gasteiger partial charge >= 0.3 is 0 Å². The summed E-state index contributed by atoms with van der Waals surface area (Å²) in [5.74, 6) is -0.839. The molecule has 0 bridgehead atoms. The number of sulfonamides is 1. The number of benzene rings is 1. The molecule has 1 aromatic carbocycles. The normalized spacial score (nSPS) is 23.7. The van der Waals surface area contributed by atoms with E-state index in [1.54, 1.807) is 6.08 Å². The Morgan fingerprint density at radius 2 is 1.91 bits per heavy atom. The van der Waals surface area contributed by atoms with Crippen molar-refractivity contribution in [1.29, 1.82) is 0 Å². The highest BCUT2D eigenvalue weighted by molar-refractivity contribution is 7.92. The molecule has 1 fully saturated rings. The molecule has 1 saturated heterocycles. The standard InChI is InChI=1S/C16H22N2O3S/c1-12-3-6-14(7-4-12)9-10-22(20,21)18-11-15(16(17)19)8-5-13(18)2/h3-4,6-7,9-10,13,15H,5,8,11H2,1-2H3,(H2,17,19)/b10-9+/t13-,15-/m1/s1. The second kappa shape index (κ2) is 6.62. The van der Waals surface area contributed by atoms with Crippen LogP contribution in [-0.2, 0) is 14.8 Å². The van der Waals surface area contributed by atoms with E-state index in [0.29, 0.717) is 12.8 Å². The number of aryl methyl sites for hydroxylation is 1. The Morgan fingerprint density at radius 3 is 2.50 bits per heavy atom. The van der Waals surface area contributed by atoms with Crippen LogP contribution in [-0.4, -0.2) is 31.2 Å². The summed E-state index contributed by atoms with van der Waals surface area (Å²) >= 11 is 0. The Labute approximate surface area is 131 Å². The Bertz CT molecular complexity index is 665. The molecule has 0 aliphatic carbocycles. The molecule has 0 radical (unpaired) electrons. The van der Waals surface area contributed by atoms with Crippen molar-refractivity contribution >= 4 is 22.0 Å². The van der Waals surface area contributed by atoms with Crippen molar-refractivity contribution in [3.05, 3.63) is 40.8 Å². The second-order valence-corrected chi connectivity index (χ2v) is 7.62. The molecule has 0 spiro atoms. The smallest absolute Gasteiger partial charge is 0.236 e. The summed E-state index contributed by atoms with van der Waals surface area (Å²) in [6.45, 7) is 4.00. The number of nitrogens with zero attached hydrogens (tertiary/aromatic N) is 1. The number of hydrogen-bond acceptors (Lipinski definition) is 3. The summed E-state index contributed by atoms with van der Waals surface area (Å²) in [6, 6.07) is 7.47. The van der Waals surface area contributed by atoms with Crippen LogP contribution in [0.25, 0.3) is 6.08 Å². The summed E-state index contributed by atoms with van der Waals surface area (Å²) in [6.07, 6.45) is 2.87. The van der Waals surface area contributed by atoms with Crippen molar-refractivity contribution in [2.24, 2.45) is 11.7 Å². The number of amides is 1. The fourth-order valence-electron chi connectivity index (χ4n) is 2.58. The van der Waals surface area contributed by atoms with E-state index in [0.717, 1.165) is 11.1 Å². The van der Waals surface area contributed by atoms with Gasteiger partial charge in [0.2, 0.25) is 15.9 Å². The predicted molar refractivity (Wildman–Crippen MR) is 87.2 cm³/mol. The lowest BCUT2D eigenvalue weighted by atomic mass is 9.95. The van der Waals surface area contributed by atoms with E-state index in [1.807, 2.05) is 38.1 Å². The minimum atomic E-state index is -3.56. The molecule has 120 valence electrons. The summed E-state index contributed by atoms with van der Waals surface area (Å²) in [5, 5.41) is 1.21. The van der Waals surface area contributed by atoms with Gasteiger partial charge in [-0.2, -0.15) is 4.31 Å². The van der Waals surface area contributed by atoms with Crippen molar-refractivity contribution < 1.29 is 13.2 Å². The molecule has 1 aromatic rings. The lowest BCUT2D eigenvalue weighted by molar-refractivity contribution is -0.123. The molecule has 2 rings (SSSR count). The monoisotopic (exact) mass is 322 g/mol. The topological polar surface area (TPSA) is 80.5 Å². The van der Waals surface area contributed by atoms with E-state index in [1.165, 1.54) is 9.71 Å². The molecule has 1 heterocycles. The fourth-order valence-corrected chi connectivity index (χ4v) is 4.06. The molecule has 1 aliphatic rings. The summed E-state index contributed by atoms with van der Waals surface area (Å²) < 4.78 is 26.4. The van der Waals surface area contributed by atoms with Gasteiger partial charge in [-0.3, -0.25) is 4.79 Å². The van der Waals surface area contributed by atoms with E-state index in [-0.39, 0.29) is 12.6 Å². The van der Waals surface area contributed by atoms with Crippen molar-refractivity contribution in [3.63, 3.8) is 0 Å². The Morgan fingerprint density at radius 1 is 1.27 bits per heavy atom. The third kappa shape index (κ3) is 3.96. The first kappa shape index (κ1) is 16.7. The SMILES string of the molecule is Cc1ccc(/C=C/S(=O)(=O)N2C[C@H](C(N)=O)CC[C@H]2C)cc1. The third-order valence-electron chi connectivity index (χ3n) is 4.06. The molecule has 2 atom stereocenters. The van der Waals surface area contributed by atoms with Crippen molar-refractivity contribution in [3.8, 4) is 0 Å². The average molecular weight is 322 g/mol. The van der Waals surface area contributed by atoms with Crippen LogP contribution in [0.4, 0.5) is 0 Å². The molecular weight excluding hydrogens is 300 g/mol. The molecule has 5 nitrogen and oxygen atoms in total. The number of rotatable bonds is 4. The van der Waals surface area contributed by atoms with Gasteiger partial charge in [0.25, 0.3) is 0 Å². The number of piperidine rings is 1. The van der Waals surface area contributed by atoms with Crippen LogP contribution >= 0.6 is 0 Å². The van der Waals surface area contributed by atoms with Gasteiger partial charge in [0, 0.05) is 18.0 Å². The lowest BCUT2D eigenvalue weighted by Crippen LogP contribution is -2.47. The highest BCUT2D eigenvalue weighted by atomic mass is 32.2. The third-order valence-corrected chi connectivity index (χ3v) is 5.71. The van der Waals surface area contributed by atoms with Gasteiger partial charge in [0.15, 0.2) is 0 Å². The fraction of sp³-hybridized carbons (Fsp3) is 0.438. The summed E-state index contributed by atoms with van der Waals surface area (Å²) in [5.41, 5.74) is 7.26. The zero-order valence-electron chi connectivity index (χ0n) is 12.9. The maximum Gasteiger partial charge on any atom is 0.236 e. The highest BCUT2D eigenvalue weighted by Crippen LogP contribution is 2.25. The van der Waals surface area contributed by atoms with Gasteiger partial charge in [-0.15, -0.1) is 0 Å². The molecule has 22 heavy (non-hydrogen) atoms. The molecule has 0 aromatic heterocycles. The molecular formula is C16H22N2O3S. The van der Waals surface area contributed by atoms with Crippen LogP contribution in [0.2, 0.25) is 0 Å². The summed E-state index contributed by atoms with van der Waals surface area (Å²) in [7, 11) is -3.56. The Hall–Kier alpha value is -1.66. The van der Waals surface area contributed by atoms with Gasteiger partial charge in [-0.05, 0) is 38.3 Å². The molecule has 0 saturated carbocycles. The Balaban J connectivity index is 2.17. The Kier molecular flexibility index (Phi) is 5.03. The molecule has 1 amide bonds. The number of carbonyl (C=O) groups excluding carboxylic acids is 1. The van der Waals surface area contributed by atoms with E-state index in [2.05, 4.69) is 0 Å². The quantitative estimate of drug-likeness (QED) is 0.919. The zero-order valence-corrected chi connectivity index (χ0v) is 13.7. The maximum atomic E-state index is 12.5. The van der Waals surface area contributed by atoms with Crippen molar-refractivity contribution in [2.45, 2.75) is 32.7 Å². The van der Waals surface area contributed by atoms with Crippen LogP contribution < -0.4 is 5.73 Å². The van der Waals surface area contributed by atoms with Crippen LogP contribution in [0.15, 0.2) is 29.7 Å². The predicted octanol–water partition coefficient (Wildman–Crippen LogP) is 1.88. The largest absolute Gasteiger partial charge is 0.369 e. The van der Waals surface area contributed by atoms with Crippen LogP contribution in [0.3, 0.4) is 0 Å². The van der Waals surface area contributed by atoms with Crippen LogP contribution in [0, 0.1) is 12.8 Å². The maximum absolute atomic E-state index is 12.5. The molecule has 1 aliphatic heterocycles. The lowest BCUT2D eigenvalue weighted by Gasteiger charge is -2.34. The number of carbonyl (C=O) groups is 1. The van der Waals surface area contributed by atoms with Crippen molar-refractivity contribution in [1.82, 2.24) is 4.31 Å². The van der Waals surface area contributed by atoms with E-state index in [4.69, 9.17) is 5.73 Å². The first-order valence-corrected chi connectivity index (χ1v) is 8.86. The van der Waals surface area contributed by atoms with Gasteiger partial charge in [-0.1, -0.05) is 29.8 Å². The molecule has 0 unspecified atom stereocenters. The van der Waals surface area contributed by atoms with Crippen molar-refractivity contribution in [2.75, 3.05) is 6.54 Å². The minimum Gasteiger partial charge on any atom is -0.369 e. The first-order chi connectivity index (χ1) is 10.3. The van der Waals surface area contributed by atoms with Crippen LogP contribution in [0.5, 0.6) is 0 Å². The van der Waals surface area contributed by atoms with E-state index < -0.39 is 21.8 Å². The van der Waals surface area contributed by atoms with E-state index >= 15 is 0 Å². The highest BCUT2D eigenvalue weighted by Gasteiger charge is 2.34. The van der Waals surface area contributed by atoms with E-state index in [9.17, 15) is 13.2 Å². The van der Waals surface area contributed by atoms with Crippen LogP contribution in [0.1, 0.15) is 30.9 Å². The second-order valence-electron chi connectivity index (χ2n) is 5.85. The number of primary amides is 1. The zero-order chi connectivity index (χ0) is 16.3. The van der Waals surface area contributed by atoms with Gasteiger partial charge in [0.05, 0.1) is 5.92 Å².